The van der Waals surface area contributed by atoms with E-state index < -0.39 is 10.0 Å². The van der Waals surface area contributed by atoms with E-state index in [-0.39, 0.29) is 4.21 Å². The smallest absolute Gasteiger partial charge is 0.271 e. The van der Waals surface area contributed by atoms with Gasteiger partial charge in [0.25, 0.3) is 10.0 Å². The molecule has 23 heavy (non-hydrogen) atoms. The largest absolute Gasteiger partial charge is 0.282 e. The number of hydrogen-bond donors (Lipinski definition) is 2. The van der Waals surface area contributed by atoms with Crippen LogP contribution in [0.3, 0.4) is 0 Å². The monoisotopic (exact) mass is 347 g/mol. The molecular formula is C16H17N3O2S2. The van der Waals surface area contributed by atoms with Gasteiger partial charge in [0.15, 0.2) is 0 Å². The number of aromatic amines is 1. The summed E-state index contributed by atoms with van der Waals surface area (Å²) in [7, 11) is -3.59. The summed E-state index contributed by atoms with van der Waals surface area (Å²) in [6.45, 7) is 5.83. The number of thiophene rings is 1. The maximum Gasteiger partial charge on any atom is 0.271 e. The number of aromatic nitrogens is 2. The number of rotatable bonds is 4. The minimum absolute atomic E-state index is 0.272. The van der Waals surface area contributed by atoms with Gasteiger partial charge in [0.05, 0.1) is 4.88 Å². The third-order valence-corrected chi connectivity index (χ3v) is 6.57. The van der Waals surface area contributed by atoms with E-state index in [1.807, 2.05) is 32.9 Å². The molecule has 3 aromatic rings. The maximum atomic E-state index is 12.5. The highest BCUT2D eigenvalue weighted by molar-refractivity contribution is 7.94. The van der Waals surface area contributed by atoms with Crippen LogP contribution in [0.25, 0.3) is 10.6 Å². The normalized spacial score (nSPS) is 11.6. The zero-order chi connectivity index (χ0) is 16.6. The molecule has 7 heteroatoms. The van der Waals surface area contributed by atoms with Crippen LogP contribution in [-0.4, -0.2) is 18.6 Å². The molecule has 0 saturated carbocycles. The predicted octanol–water partition coefficient (Wildman–Crippen LogP) is 3.86. The van der Waals surface area contributed by atoms with Crippen molar-refractivity contribution < 1.29 is 8.42 Å². The number of nitrogens with one attached hydrogen (secondary N) is 2. The Morgan fingerprint density at radius 3 is 2.57 bits per heavy atom. The summed E-state index contributed by atoms with van der Waals surface area (Å²) in [5, 5.41) is 7.17. The summed E-state index contributed by atoms with van der Waals surface area (Å²) in [6.07, 6.45) is 0. The van der Waals surface area contributed by atoms with Crippen molar-refractivity contribution in [2.24, 2.45) is 0 Å². The highest BCUT2D eigenvalue weighted by atomic mass is 32.2. The topological polar surface area (TPSA) is 74.8 Å². The quantitative estimate of drug-likeness (QED) is 0.752. The lowest BCUT2D eigenvalue weighted by molar-refractivity contribution is 0.603. The fourth-order valence-electron chi connectivity index (χ4n) is 2.23. The molecule has 0 saturated heterocycles. The first-order valence-corrected chi connectivity index (χ1v) is 9.38. The lowest BCUT2D eigenvalue weighted by Gasteiger charge is -2.06. The molecule has 2 N–H and O–H groups in total. The molecule has 0 radical (unpaired) electrons. The van der Waals surface area contributed by atoms with Crippen LogP contribution >= 0.6 is 11.3 Å². The SMILES string of the molecule is Cc1cccc(NS(=O)(=O)c2ccc(-c3n[nH]c(C)c3C)s2)c1. The van der Waals surface area contributed by atoms with Gasteiger partial charge in [-0.25, -0.2) is 8.42 Å². The molecule has 5 nitrogen and oxygen atoms in total. The summed E-state index contributed by atoms with van der Waals surface area (Å²) in [6, 6.07) is 10.7. The Balaban J connectivity index is 1.91. The van der Waals surface area contributed by atoms with Crippen molar-refractivity contribution in [3.05, 3.63) is 53.2 Å². The highest BCUT2D eigenvalue weighted by Crippen LogP contribution is 2.33. The van der Waals surface area contributed by atoms with Crippen LogP contribution in [0.5, 0.6) is 0 Å². The average Bonchev–Trinajstić information content (AvgIpc) is 3.07. The molecule has 0 amide bonds. The first kappa shape index (κ1) is 15.8. The number of hydrogen-bond acceptors (Lipinski definition) is 4. The molecule has 2 aromatic heterocycles. The second-order valence-corrected chi connectivity index (χ2v) is 8.41. The van der Waals surface area contributed by atoms with E-state index in [1.54, 1.807) is 24.3 Å². The lowest BCUT2D eigenvalue weighted by Crippen LogP contribution is -2.11. The summed E-state index contributed by atoms with van der Waals surface area (Å²) < 4.78 is 27.9. The second kappa shape index (κ2) is 5.82. The Morgan fingerprint density at radius 2 is 1.91 bits per heavy atom. The third-order valence-electron chi connectivity index (χ3n) is 3.60. The molecule has 0 aliphatic heterocycles. The molecule has 0 unspecified atom stereocenters. The molecule has 0 spiro atoms. The second-order valence-electron chi connectivity index (χ2n) is 5.42. The zero-order valence-electron chi connectivity index (χ0n) is 13.0. The molecule has 1 aromatic carbocycles. The third kappa shape index (κ3) is 3.16. The van der Waals surface area contributed by atoms with Gasteiger partial charge in [0, 0.05) is 11.4 Å². The summed E-state index contributed by atoms with van der Waals surface area (Å²) >= 11 is 1.21. The first-order chi connectivity index (χ1) is 10.9. The number of aryl methyl sites for hydroxylation is 2. The van der Waals surface area contributed by atoms with E-state index in [4.69, 9.17) is 0 Å². The molecule has 120 valence electrons. The van der Waals surface area contributed by atoms with E-state index in [0.29, 0.717) is 5.69 Å². The number of H-pyrrole nitrogens is 1. The Labute approximate surface area is 139 Å². The van der Waals surface area contributed by atoms with E-state index in [1.165, 1.54) is 11.3 Å². The lowest BCUT2D eigenvalue weighted by atomic mass is 10.2. The van der Waals surface area contributed by atoms with Gasteiger partial charge >= 0.3 is 0 Å². The number of sulfonamides is 1. The van der Waals surface area contributed by atoms with Crippen LogP contribution in [0.4, 0.5) is 5.69 Å². The molecule has 0 bridgehead atoms. The molecule has 3 rings (SSSR count). The van der Waals surface area contributed by atoms with Gasteiger partial charge in [-0.05, 0) is 56.2 Å². The molecule has 0 aliphatic rings. The van der Waals surface area contributed by atoms with Gasteiger partial charge in [0.1, 0.15) is 9.90 Å². The number of nitrogens with zero attached hydrogens (tertiary/aromatic N) is 1. The Hall–Kier alpha value is -2.12. The van der Waals surface area contributed by atoms with Gasteiger partial charge < -0.3 is 0 Å². The van der Waals surface area contributed by atoms with Crippen molar-refractivity contribution in [3.8, 4) is 10.6 Å². The summed E-state index contributed by atoms with van der Waals surface area (Å²) in [5.41, 5.74) is 4.37. The number of benzene rings is 1. The molecular weight excluding hydrogens is 330 g/mol. The van der Waals surface area contributed by atoms with Crippen molar-refractivity contribution in [1.82, 2.24) is 10.2 Å². The van der Waals surface area contributed by atoms with Crippen molar-refractivity contribution in [2.45, 2.75) is 25.0 Å². The van der Waals surface area contributed by atoms with Gasteiger partial charge in [-0.15, -0.1) is 11.3 Å². The van der Waals surface area contributed by atoms with Crippen LogP contribution < -0.4 is 4.72 Å². The van der Waals surface area contributed by atoms with Crippen LogP contribution in [-0.2, 0) is 10.0 Å². The molecule has 0 fully saturated rings. The van der Waals surface area contributed by atoms with E-state index >= 15 is 0 Å². The minimum atomic E-state index is -3.59. The van der Waals surface area contributed by atoms with Crippen LogP contribution in [0.2, 0.25) is 0 Å². The van der Waals surface area contributed by atoms with Crippen LogP contribution in [0.15, 0.2) is 40.6 Å². The van der Waals surface area contributed by atoms with E-state index in [9.17, 15) is 8.42 Å². The van der Waals surface area contributed by atoms with Crippen molar-refractivity contribution in [1.29, 1.82) is 0 Å². The van der Waals surface area contributed by atoms with Gasteiger partial charge in [0.2, 0.25) is 0 Å². The van der Waals surface area contributed by atoms with Gasteiger partial charge in [-0.2, -0.15) is 5.10 Å². The van der Waals surface area contributed by atoms with Crippen LogP contribution in [0, 0.1) is 20.8 Å². The minimum Gasteiger partial charge on any atom is -0.282 e. The van der Waals surface area contributed by atoms with Crippen LogP contribution in [0.1, 0.15) is 16.8 Å². The average molecular weight is 347 g/mol. The fourth-order valence-corrected chi connectivity index (χ4v) is 4.63. The Bertz CT molecular complexity index is 955. The van der Waals surface area contributed by atoms with E-state index in [2.05, 4.69) is 14.9 Å². The summed E-state index contributed by atoms with van der Waals surface area (Å²) in [4.78, 5) is 0.830. The Kier molecular flexibility index (Phi) is 3.99. The molecule has 0 aliphatic carbocycles. The Morgan fingerprint density at radius 1 is 1.13 bits per heavy atom. The molecule has 2 heterocycles. The number of anilines is 1. The van der Waals surface area contributed by atoms with Crippen molar-refractivity contribution in [2.75, 3.05) is 4.72 Å². The maximum absolute atomic E-state index is 12.5. The van der Waals surface area contributed by atoms with E-state index in [0.717, 1.165) is 27.4 Å². The predicted molar refractivity (Wildman–Crippen MR) is 93.4 cm³/mol. The van der Waals surface area contributed by atoms with Crippen molar-refractivity contribution in [3.63, 3.8) is 0 Å². The zero-order valence-corrected chi connectivity index (χ0v) is 14.7. The van der Waals surface area contributed by atoms with Gasteiger partial charge in [-0.1, -0.05) is 12.1 Å². The standard InChI is InChI=1S/C16H17N3O2S2/c1-10-5-4-6-13(9-10)19-23(20,21)15-8-7-14(22-15)16-11(2)12(3)17-18-16/h4-9,19H,1-3H3,(H,17,18). The highest BCUT2D eigenvalue weighted by Gasteiger charge is 2.19. The summed E-state index contributed by atoms with van der Waals surface area (Å²) in [5.74, 6) is 0. The first-order valence-electron chi connectivity index (χ1n) is 7.08. The van der Waals surface area contributed by atoms with Crippen molar-refractivity contribution >= 4 is 27.0 Å². The molecule has 0 atom stereocenters. The fraction of sp³-hybridized carbons (Fsp3) is 0.188. The van der Waals surface area contributed by atoms with Gasteiger partial charge in [-0.3, -0.25) is 9.82 Å².